The van der Waals surface area contributed by atoms with Gasteiger partial charge in [0, 0.05) is 5.57 Å². The smallest absolute Gasteiger partial charge is 0.430 e. The molecule has 0 fully saturated rings. The largest absolute Gasteiger partial charge is 0.455 e. The van der Waals surface area contributed by atoms with Crippen LogP contribution in [0.4, 0.5) is 26.3 Å². The van der Waals surface area contributed by atoms with Crippen molar-refractivity contribution in [3.63, 3.8) is 0 Å². The zero-order chi connectivity index (χ0) is 15.6. The van der Waals surface area contributed by atoms with Gasteiger partial charge in [-0.25, -0.2) is 4.79 Å². The van der Waals surface area contributed by atoms with Crippen LogP contribution < -0.4 is 0 Å². The van der Waals surface area contributed by atoms with Gasteiger partial charge in [-0.1, -0.05) is 13.5 Å². The van der Waals surface area contributed by atoms with Crippen LogP contribution in [0.25, 0.3) is 0 Å². The normalized spacial score (nSPS) is 15.0. The Kier molecular flexibility index (Phi) is 5.04. The number of halogens is 6. The van der Waals surface area contributed by atoms with Crippen molar-refractivity contribution in [1.29, 1.82) is 0 Å². The highest BCUT2D eigenvalue weighted by atomic mass is 19.4. The van der Waals surface area contributed by atoms with Gasteiger partial charge in [-0.2, -0.15) is 26.3 Å². The van der Waals surface area contributed by atoms with Crippen molar-refractivity contribution in [3.8, 4) is 0 Å². The van der Waals surface area contributed by atoms with E-state index in [0.717, 1.165) is 13.8 Å². The molecule has 0 heterocycles. The van der Waals surface area contributed by atoms with Gasteiger partial charge in [-0.15, -0.1) is 0 Å². The van der Waals surface area contributed by atoms with Gasteiger partial charge in [0.25, 0.3) is 5.60 Å². The van der Waals surface area contributed by atoms with Crippen LogP contribution in [0.15, 0.2) is 12.2 Å². The molecule has 0 saturated heterocycles. The molecule has 0 bridgehead atoms. The molecular formula is C10H12F6O3. The number of alkyl halides is 6. The van der Waals surface area contributed by atoms with E-state index in [9.17, 15) is 31.1 Å². The number of aliphatic hydroxyl groups is 1. The molecule has 0 spiro atoms. The maximum atomic E-state index is 12.5. The Bertz CT molecular complexity index is 343. The van der Waals surface area contributed by atoms with Gasteiger partial charge in [0.15, 0.2) is 0 Å². The van der Waals surface area contributed by atoms with E-state index >= 15 is 0 Å². The Hall–Kier alpha value is -1.25. The maximum Gasteiger partial charge on any atom is 0.430 e. The van der Waals surface area contributed by atoms with Gasteiger partial charge in [-0.3, -0.25) is 0 Å². The molecule has 9 heteroatoms. The van der Waals surface area contributed by atoms with E-state index in [2.05, 4.69) is 11.3 Å². The third-order valence-electron chi connectivity index (χ3n) is 2.30. The summed E-state index contributed by atoms with van der Waals surface area (Å²) < 4.78 is 79.1. The number of hydrogen-bond donors (Lipinski definition) is 1. The molecular weight excluding hydrogens is 282 g/mol. The van der Waals surface area contributed by atoms with E-state index in [4.69, 9.17) is 5.11 Å². The van der Waals surface area contributed by atoms with E-state index < -0.39 is 36.4 Å². The van der Waals surface area contributed by atoms with Crippen LogP contribution in [-0.4, -0.2) is 35.1 Å². The van der Waals surface area contributed by atoms with Gasteiger partial charge in [-0.05, 0) is 13.3 Å². The first kappa shape index (κ1) is 17.8. The minimum absolute atomic E-state index is 0.384. The minimum atomic E-state index is -6.04. The molecule has 1 unspecified atom stereocenters. The second-order valence-electron chi connectivity index (χ2n) is 3.84. The monoisotopic (exact) mass is 294 g/mol. The summed E-state index contributed by atoms with van der Waals surface area (Å²) in [7, 11) is 0. The lowest BCUT2D eigenvalue weighted by molar-refractivity contribution is -0.391. The highest BCUT2D eigenvalue weighted by Crippen LogP contribution is 2.47. The molecule has 3 nitrogen and oxygen atoms in total. The summed E-state index contributed by atoms with van der Waals surface area (Å²) in [5.74, 6) is -1.45. The lowest BCUT2D eigenvalue weighted by atomic mass is 9.93. The summed E-state index contributed by atoms with van der Waals surface area (Å²) in [6.45, 7) is 5.00. The zero-order valence-corrected chi connectivity index (χ0v) is 10.0. The molecule has 0 aliphatic carbocycles. The molecule has 0 aromatic heterocycles. The fourth-order valence-corrected chi connectivity index (χ4v) is 1.22. The Morgan fingerprint density at radius 3 is 1.79 bits per heavy atom. The molecule has 0 rings (SSSR count). The van der Waals surface area contributed by atoms with Crippen LogP contribution in [0.5, 0.6) is 0 Å². The van der Waals surface area contributed by atoms with Crippen molar-refractivity contribution >= 4 is 5.97 Å². The van der Waals surface area contributed by atoms with Gasteiger partial charge in [0.05, 0.1) is 0 Å². The first-order valence-electron chi connectivity index (χ1n) is 5.01. The van der Waals surface area contributed by atoms with Crippen LogP contribution >= 0.6 is 0 Å². The maximum absolute atomic E-state index is 12.5. The average Bonchev–Trinajstić information content (AvgIpc) is 2.20. The van der Waals surface area contributed by atoms with Crippen molar-refractivity contribution in [3.05, 3.63) is 12.2 Å². The SMILES string of the molecule is C=C(C)C(=O)OC(CC)C(O)(C(F)(F)F)C(F)(F)F. The predicted molar refractivity (Wildman–Crippen MR) is 52.0 cm³/mol. The lowest BCUT2D eigenvalue weighted by Crippen LogP contribution is -2.65. The first-order valence-corrected chi connectivity index (χ1v) is 5.01. The fraction of sp³-hybridized carbons (Fsp3) is 0.700. The molecule has 0 aliphatic rings. The van der Waals surface area contributed by atoms with Crippen molar-refractivity contribution in [2.45, 2.75) is 44.3 Å². The Balaban J connectivity index is 5.60. The second-order valence-corrected chi connectivity index (χ2v) is 3.84. The fourth-order valence-electron chi connectivity index (χ4n) is 1.22. The van der Waals surface area contributed by atoms with Gasteiger partial charge in [0.2, 0.25) is 0 Å². The first-order chi connectivity index (χ1) is 8.29. The summed E-state index contributed by atoms with van der Waals surface area (Å²) in [5.41, 5.74) is -5.51. The third kappa shape index (κ3) is 3.40. The summed E-state index contributed by atoms with van der Waals surface area (Å²) in [5, 5.41) is 9.02. The molecule has 112 valence electrons. The summed E-state index contributed by atoms with van der Waals surface area (Å²) in [6, 6.07) is 0. The van der Waals surface area contributed by atoms with Gasteiger partial charge in [0.1, 0.15) is 6.10 Å². The molecule has 19 heavy (non-hydrogen) atoms. The molecule has 0 aliphatic heterocycles. The summed E-state index contributed by atoms with van der Waals surface area (Å²) in [4.78, 5) is 11.0. The number of carbonyl (C=O) groups excluding carboxylic acids is 1. The van der Waals surface area contributed by atoms with E-state index in [1.807, 2.05) is 0 Å². The van der Waals surface area contributed by atoms with E-state index in [1.54, 1.807) is 0 Å². The highest BCUT2D eigenvalue weighted by molar-refractivity contribution is 5.87. The number of ether oxygens (including phenoxy) is 1. The molecule has 0 saturated carbocycles. The Morgan fingerprint density at radius 2 is 1.58 bits per heavy atom. The average molecular weight is 294 g/mol. The van der Waals surface area contributed by atoms with E-state index in [0.29, 0.717) is 0 Å². The molecule has 0 amide bonds. The van der Waals surface area contributed by atoms with Crippen LogP contribution in [-0.2, 0) is 9.53 Å². The number of carbonyl (C=O) groups is 1. The quantitative estimate of drug-likeness (QED) is 0.492. The molecule has 0 aromatic rings. The molecule has 0 aromatic carbocycles. The predicted octanol–water partition coefficient (Wildman–Crippen LogP) is 2.74. The number of rotatable bonds is 4. The minimum Gasteiger partial charge on any atom is -0.455 e. The Morgan fingerprint density at radius 1 is 1.21 bits per heavy atom. The molecule has 1 atom stereocenters. The van der Waals surface area contributed by atoms with Crippen LogP contribution in [0.3, 0.4) is 0 Å². The number of hydrogen-bond acceptors (Lipinski definition) is 3. The van der Waals surface area contributed by atoms with E-state index in [1.165, 1.54) is 0 Å². The van der Waals surface area contributed by atoms with Crippen LogP contribution in [0.1, 0.15) is 20.3 Å². The van der Waals surface area contributed by atoms with Crippen molar-refractivity contribution in [2.75, 3.05) is 0 Å². The molecule has 1 N–H and O–H groups in total. The molecule has 0 radical (unpaired) electrons. The highest BCUT2D eigenvalue weighted by Gasteiger charge is 2.75. The lowest BCUT2D eigenvalue weighted by Gasteiger charge is -2.37. The van der Waals surface area contributed by atoms with Crippen molar-refractivity contribution in [2.24, 2.45) is 0 Å². The third-order valence-corrected chi connectivity index (χ3v) is 2.30. The Labute approximate surface area is 104 Å². The topological polar surface area (TPSA) is 46.5 Å². The van der Waals surface area contributed by atoms with Gasteiger partial charge >= 0.3 is 18.3 Å². The van der Waals surface area contributed by atoms with E-state index in [-0.39, 0.29) is 5.57 Å². The van der Waals surface area contributed by atoms with Crippen molar-refractivity contribution in [1.82, 2.24) is 0 Å². The second kappa shape index (κ2) is 5.40. The standard InChI is InChI=1S/C10H12F6O3/c1-4-6(19-7(17)5(2)3)8(18,9(11,12)13)10(14,15)16/h6,18H,2,4H2,1,3H3. The summed E-state index contributed by atoms with van der Waals surface area (Å²) >= 11 is 0. The summed E-state index contributed by atoms with van der Waals surface area (Å²) in [6.07, 6.45) is -15.8. The van der Waals surface area contributed by atoms with Crippen LogP contribution in [0, 0.1) is 0 Å². The number of esters is 1. The van der Waals surface area contributed by atoms with Crippen molar-refractivity contribution < 1.29 is 41.0 Å². The zero-order valence-electron chi connectivity index (χ0n) is 10.0. The van der Waals surface area contributed by atoms with Gasteiger partial charge < -0.3 is 9.84 Å². The van der Waals surface area contributed by atoms with Crippen LogP contribution in [0.2, 0.25) is 0 Å².